The van der Waals surface area contributed by atoms with Gasteiger partial charge in [-0.3, -0.25) is 4.68 Å². The minimum absolute atomic E-state index is 0.599. The summed E-state index contributed by atoms with van der Waals surface area (Å²) in [4.78, 5) is 0. The van der Waals surface area contributed by atoms with Crippen molar-refractivity contribution in [2.24, 2.45) is 24.8 Å². The SMILES string of the molecule is CCNC(Cc1c(C)nn(C)c1C)C1CC(C)CC(C)C1. The summed E-state index contributed by atoms with van der Waals surface area (Å²) in [6.45, 7) is 12.5. The second-order valence-corrected chi connectivity index (χ2v) is 7.32. The lowest BCUT2D eigenvalue weighted by Gasteiger charge is -2.37. The predicted octanol–water partition coefficient (Wildman–Crippen LogP) is 3.63. The van der Waals surface area contributed by atoms with Crippen molar-refractivity contribution >= 4 is 0 Å². The molecule has 1 fully saturated rings. The standard InChI is InChI=1S/C18H33N3/c1-7-19-18(16-9-12(2)8-13(3)10-16)11-17-14(4)20-21(6)15(17)5/h12-13,16,18-19H,7-11H2,1-6H3. The molecule has 1 aliphatic carbocycles. The second kappa shape index (κ2) is 6.95. The third-order valence-electron chi connectivity index (χ3n) is 5.33. The highest BCUT2D eigenvalue weighted by molar-refractivity contribution is 5.25. The van der Waals surface area contributed by atoms with Gasteiger partial charge in [0.2, 0.25) is 0 Å². The van der Waals surface area contributed by atoms with E-state index < -0.39 is 0 Å². The maximum Gasteiger partial charge on any atom is 0.0628 e. The van der Waals surface area contributed by atoms with E-state index in [4.69, 9.17) is 0 Å². The smallest absolute Gasteiger partial charge is 0.0628 e. The molecule has 120 valence electrons. The molecule has 3 atom stereocenters. The molecule has 3 heteroatoms. The van der Waals surface area contributed by atoms with Crippen LogP contribution < -0.4 is 5.32 Å². The Morgan fingerprint density at radius 3 is 2.29 bits per heavy atom. The van der Waals surface area contributed by atoms with Crippen molar-refractivity contribution < 1.29 is 0 Å². The molecule has 1 aromatic rings. The fourth-order valence-corrected chi connectivity index (χ4v) is 4.34. The van der Waals surface area contributed by atoms with Crippen LogP contribution in [0.5, 0.6) is 0 Å². The molecule has 2 rings (SSSR count). The Labute approximate surface area is 130 Å². The summed E-state index contributed by atoms with van der Waals surface area (Å²) in [5.74, 6) is 2.55. The third-order valence-corrected chi connectivity index (χ3v) is 5.33. The Morgan fingerprint density at radius 2 is 1.81 bits per heavy atom. The summed E-state index contributed by atoms with van der Waals surface area (Å²) >= 11 is 0. The number of aryl methyl sites for hydroxylation is 2. The van der Waals surface area contributed by atoms with E-state index in [1.165, 1.54) is 36.2 Å². The number of hydrogen-bond acceptors (Lipinski definition) is 2. The van der Waals surface area contributed by atoms with E-state index in [0.29, 0.717) is 6.04 Å². The van der Waals surface area contributed by atoms with Gasteiger partial charge < -0.3 is 5.32 Å². The van der Waals surface area contributed by atoms with Crippen LogP contribution in [0.1, 0.15) is 57.0 Å². The van der Waals surface area contributed by atoms with Gasteiger partial charge in [0.05, 0.1) is 5.69 Å². The first-order chi connectivity index (χ1) is 9.92. The quantitative estimate of drug-likeness (QED) is 0.898. The van der Waals surface area contributed by atoms with Gasteiger partial charge in [-0.25, -0.2) is 0 Å². The van der Waals surface area contributed by atoms with E-state index in [1.807, 2.05) is 4.68 Å². The van der Waals surface area contributed by atoms with E-state index in [-0.39, 0.29) is 0 Å². The second-order valence-electron chi connectivity index (χ2n) is 7.32. The minimum atomic E-state index is 0.599. The Kier molecular flexibility index (Phi) is 5.48. The summed E-state index contributed by atoms with van der Waals surface area (Å²) in [6.07, 6.45) is 5.28. The Balaban J connectivity index is 2.15. The zero-order valence-electron chi connectivity index (χ0n) is 14.7. The van der Waals surface area contributed by atoms with Gasteiger partial charge in [0.15, 0.2) is 0 Å². The molecule has 1 saturated carbocycles. The lowest BCUT2D eigenvalue weighted by molar-refractivity contribution is 0.176. The molecule has 1 aromatic heterocycles. The van der Waals surface area contributed by atoms with Crippen molar-refractivity contribution in [2.45, 2.75) is 66.3 Å². The topological polar surface area (TPSA) is 29.9 Å². The number of nitrogens with one attached hydrogen (secondary N) is 1. The maximum atomic E-state index is 4.59. The number of likely N-dealkylation sites (N-methyl/N-ethyl adjacent to an activating group) is 1. The molecule has 3 unspecified atom stereocenters. The van der Waals surface area contributed by atoms with Crippen LogP contribution in [0.4, 0.5) is 0 Å². The summed E-state index contributed by atoms with van der Waals surface area (Å²) in [5, 5.41) is 8.36. The molecule has 21 heavy (non-hydrogen) atoms. The molecule has 1 N–H and O–H groups in total. The first kappa shape index (κ1) is 16.5. The molecule has 0 aromatic carbocycles. The van der Waals surface area contributed by atoms with Crippen LogP contribution in [0.3, 0.4) is 0 Å². The third kappa shape index (κ3) is 3.88. The van der Waals surface area contributed by atoms with Crippen molar-refractivity contribution in [1.82, 2.24) is 15.1 Å². The molecule has 0 bridgehead atoms. The van der Waals surface area contributed by atoms with Gasteiger partial charge in [0.25, 0.3) is 0 Å². The van der Waals surface area contributed by atoms with E-state index >= 15 is 0 Å². The van der Waals surface area contributed by atoms with Crippen LogP contribution in [0.2, 0.25) is 0 Å². The largest absolute Gasteiger partial charge is 0.314 e. The zero-order chi connectivity index (χ0) is 15.6. The molecule has 0 saturated heterocycles. The van der Waals surface area contributed by atoms with Crippen molar-refractivity contribution in [3.63, 3.8) is 0 Å². The van der Waals surface area contributed by atoms with Crippen LogP contribution in [-0.4, -0.2) is 22.4 Å². The highest BCUT2D eigenvalue weighted by Crippen LogP contribution is 2.35. The molecule has 3 nitrogen and oxygen atoms in total. The highest BCUT2D eigenvalue weighted by atomic mass is 15.3. The normalized spacial score (nSPS) is 27.8. The van der Waals surface area contributed by atoms with Crippen molar-refractivity contribution in [3.8, 4) is 0 Å². The van der Waals surface area contributed by atoms with Gasteiger partial charge in [-0.1, -0.05) is 20.8 Å². The Hall–Kier alpha value is -0.830. The number of nitrogens with zero attached hydrogens (tertiary/aromatic N) is 2. The first-order valence-electron chi connectivity index (χ1n) is 8.64. The number of rotatable bonds is 5. The molecular weight excluding hydrogens is 258 g/mol. The Morgan fingerprint density at radius 1 is 1.19 bits per heavy atom. The zero-order valence-corrected chi connectivity index (χ0v) is 14.7. The van der Waals surface area contributed by atoms with E-state index in [9.17, 15) is 0 Å². The average Bonchev–Trinajstić information content (AvgIpc) is 2.63. The molecule has 0 aliphatic heterocycles. The van der Waals surface area contributed by atoms with Crippen molar-refractivity contribution in [1.29, 1.82) is 0 Å². The fraction of sp³-hybridized carbons (Fsp3) is 0.833. The lowest BCUT2D eigenvalue weighted by Crippen LogP contribution is -2.41. The predicted molar refractivity (Wildman–Crippen MR) is 89.5 cm³/mol. The Bertz CT molecular complexity index is 453. The average molecular weight is 291 g/mol. The van der Waals surface area contributed by atoms with E-state index in [1.54, 1.807) is 0 Å². The van der Waals surface area contributed by atoms with Crippen LogP contribution in [0.15, 0.2) is 0 Å². The number of hydrogen-bond donors (Lipinski definition) is 1. The summed E-state index contributed by atoms with van der Waals surface area (Å²) in [7, 11) is 2.05. The van der Waals surface area contributed by atoms with Gasteiger partial charge in [-0.05, 0) is 69.4 Å². The number of aromatic nitrogens is 2. The van der Waals surface area contributed by atoms with Gasteiger partial charge in [-0.15, -0.1) is 0 Å². The van der Waals surface area contributed by atoms with Crippen LogP contribution in [0.25, 0.3) is 0 Å². The summed E-state index contributed by atoms with van der Waals surface area (Å²) < 4.78 is 2.03. The van der Waals surface area contributed by atoms with Gasteiger partial charge in [0, 0.05) is 18.8 Å². The van der Waals surface area contributed by atoms with Gasteiger partial charge >= 0.3 is 0 Å². The molecule has 0 amide bonds. The van der Waals surface area contributed by atoms with Crippen LogP contribution in [-0.2, 0) is 13.5 Å². The van der Waals surface area contributed by atoms with Gasteiger partial charge in [0.1, 0.15) is 0 Å². The molecule has 0 radical (unpaired) electrons. The van der Waals surface area contributed by atoms with Crippen LogP contribution in [0, 0.1) is 31.6 Å². The fourth-order valence-electron chi connectivity index (χ4n) is 4.34. The minimum Gasteiger partial charge on any atom is -0.314 e. The van der Waals surface area contributed by atoms with Crippen molar-refractivity contribution in [3.05, 3.63) is 17.0 Å². The van der Waals surface area contributed by atoms with Crippen molar-refractivity contribution in [2.75, 3.05) is 6.54 Å². The summed E-state index contributed by atoms with van der Waals surface area (Å²) in [6, 6.07) is 0.599. The molecule has 1 aliphatic rings. The first-order valence-corrected chi connectivity index (χ1v) is 8.64. The molecule has 0 spiro atoms. The maximum absolute atomic E-state index is 4.59. The molecular formula is C18H33N3. The molecule has 1 heterocycles. The summed E-state index contributed by atoms with van der Waals surface area (Å²) in [5.41, 5.74) is 3.98. The lowest BCUT2D eigenvalue weighted by atomic mass is 9.72. The van der Waals surface area contributed by atoms with E-state index in [2.05, 4.69) is 52.1 Å². The van der Waals surface area contributed by atoms with Gasteiger partial charge in [-0.2, -0.15) is 5.10 Å². The monoisotopic (exact) mass is 291 g/mol. The highest BCUT2D eigenvalue weighted by Gasteiger charge is 2.30. The van der Waals surface area contributed by atoms with E-state index in [0.717, 1.165) is 30.7 Å². The van der Waals surface area contributed by atoms with Crippen LogP contribution >= 0.6 is 0 Å².